The lowest BCUT2D eigenvalue weighted by molar-refractivity contribution is -0.144. The molecule has 0 atom stereocenters. The molecule has 1 fully saturated rings. The SMILES string of the molecule is CC(=O)N1CCN(C(=O)C(C)(C)C)CC1. The molecule has 86 valence electrons. The summed E-state index contributed by atoms with van der Waals surface area (Å²) in [5.41, 5.74) is -0.321. The fourth-order valence-electron chi connectivity index (χ4n) is 1.70. The Labute approximate surface area is 91.2 Å². The van der Waals surface area contributed by atoms with Gasteiger partial charge in [0.25, 0.3) is 0 Å². The topological polar surface area (TPSA) is 40.6 Å². The molecule has 1 saturated heterocycles. The molecule has 15 heavy (non-hydrogen) atoms. The third-order valence-electron chi connectivity index (χ3n) is 2.65. The smallest absolute Gasteiger partial charge is 0.228 e. The summed E-state index contributed by atoms with van der Waals surface area (Å²) in [5.74, 6) is 0.267. The highest BCUT2D eigenvalue weighted by Crippen LogP contribution is 2.18. The minimum absolute atomic E-state index is 0.0952. The van der Waals surface area contributed by atoms with E-state index in [0.717, 1.165) is 0 Å². The molecule has 0 aromatic carbocycles. The highest BCUT2D eigenvalue weighted by molar-refractivity contribution is 5.82. The van der Waals surface area contributed by atoms with Gasteiger partial charge >= 0.3 is 0 Å². The molecule has 0 aromatic heterocycles. The van der Waals surface area contributed by atoms with Crippen LogP contribution in [0, 0.1) is 5.41 Å². The van der Waals surface area contributed by atoms with Gasteiger partial charge in [0.1, 0.15) is 0 Å². The van der Waals surface area contributed by atoms with Gasteiger partial charge in [0.2, 0.25) is 11.8 Å². The van der Waals surface area contributed by atoms with E-state index < -0.39 is 0 Å². The van der Waals surface area contributed by atoms with Crippen LogP contribution in [0.15, 0.2) is 0 Å². The summed E-state index contributed by atoms with van der Waals surface area (Å²) in [5, 5.41) is 0. The van der Waals surface area contributed by atoms with Crippen LogP contribution in [0.2, 0.25) is 0 Å². The van der Waals surface area contributed by atoms with Crippen molar-refractivity contribution in [3.05, 3.63) is 0 Å². The van der Waals surface area contributed by atoms with Crippen LogP contribution in [0.5, 0.6) is 0 Å². The summed E-state index contributed by atoms with van der Waals surface area (Å²) in [4.78, 5) is 26.6. The van der Waals surface area contributed by atoms with E-state index in [1.165, 1.54) is 0 Å². The van der Waals surface area contributed by atoms with Gasteiger partial charge in [0.05, 0.1) is 0 Å². The van der Waals surface area contributed by atoms with Crippen LogP contribution in [0.1, 0.15) is 27.7 Å². The molecule has 4 heteroatoms. The maximum atomic E-state index is 11.9. The molecule has 0 aromatic rings. The van der Waals surface area contributed by atoms with E-state index in [1.807, 2.05) is 25.7 Å². The predicted octanol–water partition coefficient (Wildman–Crippen LogP) is 0.723. The number of rotatable bonds is 0. The van der Waals surface area contributed by atoms with Crippen molar-refractivity contribution in [2.24, 2.45) is 5.41 Å². The second-order valence-corrected chi connectivity index (χ2v) is 5.05. The third-order valence-corrected chi connectivity index (χ3v) is 2.65. The Balaban J connectivity index is 2.51. The van der Waals surface area contributed by atoms with Crippen molar-refractivity contribution in [1.29, 1.82) is 0 Å². The molecule has 2 amide bonds. The van der Waals surface area contributed by atoms with Crippen molar-refractivity contribution in [1.82, 2.24) is 9.80 Å². The van der Waals surface area contributed by atoms with Crippen molar-refractivity contribution in [3.63, 3.8) is 0 Å². The van der Waals surface area contributed by atoms with Gasteiger partial charge in [-0.3, -0.25) is 9.59 Å². The van der Waals surface area contributed by atoms with E-state index >= 15 is 0 Å². The molecule has 1 aliphatic rings. The number of carbonyl (C=O) groups excluding carboxylic acids is 2. The number of hydrogen-bond donors (Lipinski definition) is 0. The monoisotopic (exact) mass is 212 g/mol. The highest BCUT2D eigenvalue weighted by atomic mass is 16.2. The Morgan fingerprint density at radius 1 is 0.933 bits per heavy atom. The molecule has 1 rings (SSSR count). The molecular formula is C11H20N2O2. The van der Waals surface area contributed by atoms with E-state index in [2.05, 4.69) is 0 Å². The largest absolute Gasteiger partial charge is 0.339 e. The molecule has 0 aliphatic carbocycles. The normalized spacial score (nSPS) is 17.9. The molecule has 0 bridgehead atoms. The molecule has 4 nitrogen and oxygen atoms in total. The van der Waals surface area contributed by atoms with Crippen LogP contribution in [0.25, 0.3) is 0 Å². The van der Waals surface area contributed by atoms with Gasteiger partial charge in [0, 0.05) is 38.5 Å². The molecule has 0 spiro atoms. The average Bonchev–Trinajstić information content (AvgIpc) is 2.15. The number of nitrogens with zero attached hydrogens (tertiary/aromatic N) is 2. The lowest BCUT2D eigenvalue weighted by Gasteiger charge is -2.37. The van der Waals surface area contributed by atoms with E-state index in [0.29, 0.717) is 26.2 Å². The van der Waals surface area contributed by atoms with Gasteiger partial charge in [-0.25, -0.2) is 0 Å². The fourth-order valence-corrected chi connectivity index (χ4v) is 1.70. The molecule has 0 radical (unpaired) electrons. The summed E-state index contributed by atoms with van der Waals surface area (Å²) in [6, 6.07) is 0. The zero-order chi connectivity index (χ0) is 11.6. The van der Waals surface area contributed by atoms with Crippen LogP contribution >= 0.6 is 0 Å². The quantitative estimate of drug-likeness (QED) is 0.593. The maximum Gasteiger partial charge on any atom is 0.228 e. The predicted molar refractivity (Wildman–Crippen MR) is 58.3 cm³/mol. The first-order valence-corrected chi connectivity index (χ1v) is 5.37. The molecule has 1 heterocycles. The lowest BCUT2D eigenvalue weighted by atomic mass is 9.94. The molecule has 1 aliphatic heterocycles. The average molecular weight is 212 g/mol. The Morgan fingerprint density at radius 2 is 1.33 bits per heavy atom. The Morgan fingerprint density at radius 3 is 1.67 bits per heavy atom. The van der Waals surface area contributed by atoms with E-state index in [-0.39, 0.29) is 17.2 Å². The van der Waals surface area contributed by atoms with Crippen molar-refractivity contribution in [3.8, 4) is 0 Å². The standard InChI is InChI=1S/C11H20N2O2/c1-9(14)12-5-7-13(8-6-12)10(15)11(2,3)4/h5-8H2,1-4H3. The van der Waals surface area contributed by atoms with Crippen molar-refractivity contribution in [2.75, 3.05) is 26.2 Å². The summed E-state index contributed by atoms with van der Waals surface area (Å²) in [7, 11) is 0. The minimum Gasteiger partial charge on any atom is -0.339 e. The second-order valence-electron chi connectivity index (χ2n) is 5.05. The summed E-state index contributed by atoms with van der Waals surface area (Å²) < 4.78 is 0. The summed E-state index contributed by atoms with van der Waals surface area (Å²) in [6.07, 6.45) is 0. The van der Waals surface area contributed by atoms with Crippen LogP contribution in [-0.4, -0.2) is 47.8 Å². The number of piperazine rings is 1. The summed E-state index contributed by atoms with van der Waals surface area (Å²) >= 11 is 0. The van der Waals surface area contributed by atoms with Crippen LogP contribution in [0.3, 0.4) is 0 Å². The van der Waals surface area contributed by atoms with Crippen LogP contribution < -0.4 is 0 Å². The Hall–Kier alpha value is -1.06. The van der Waals surface area contributed by atoms with Gasteiger partial charge in [0.15, 0.2) is 0 Å². The van der Waals surface area contributed by atoms with Gasteiger partial charge in [-0.1, -0.05) is 20.8 Å². The fraction of sp³-hybridized carbons (Fsp3) is 0.818. The van der Waals surface area contributed by atoms with E-state index in [9.17, 15) is 9.59 Å². The van der Waals surface area contributed by atoms with Crippen LogP contribution in [0.4, 0.5) is 0 Å². The van der Waals surface area contributed by atoms with Gasteiger partial charge in [-0.05, 0) is 0 Å². The summed E-state index contributed by atoms with van der Waals surface area (Å²) in [6.45, 7) is 9.99. The lowest BCUT2D eigenvalue weighted by Crippen LogP contribution is -2.52. The maximum absolute atomic E-state index is 11.9. The Bertz CT molecular complexity index is 260. The minimum atomic E-state index is -0.321. The Kier molecular flexibility index (Phi) is 3.37. The van der Waals surface area contributed by atoms with Crippen LogP contribution in [-0.2, 0) is 9.59 Å². The number of hydrogen-bond acceptors (Lipinski definition) is 2. The first-order chi connectivity index (χ1) is 6.82. The van der Waals surface area contributed by atoms with Gasteiger partial charge < -0.3 is 9.80 Å². The van der Waals surface area contributed by atoms with Gasteiger partial charge in [-0.2, -0.15) is 0 Å². The van der Waals surface area contributed by atoms with E-state index in [4.69, 9.17) is 0 Å². The molecule has 0 unspecified atom stereocenters. The zero-order valence-corrected chi connectivity index (χ0v) is 10.0. The second kappa shape index (κ2) is 4.21. The van der Waals surface area contributed by atoms with Crippen molar-refractivity contribution < 1.29 is 9.59 Å². The number of amides is 2. The third kappa shape index (κ3) is 2.94. The molecule has 0 saturated carbocycles. The molecule has 0 N–H and O–H groups in total. The van der Waals surface area contributed by atoms with Crippen molar-refractivity contribution >= 4 is 11.8 Å². The highest BCUT2D eigenvalue weighted by Gasteiger charge is 2.29. The van der Waals surface area contributed by atoms with E-state index in [1.54, 1.807) is 11.8 Å². The zero-order valence-electron chi connectivity index (χ0n) is 10.0. The first kappa shape index (κ1) is 12.0. The van der Waals surface area contributed by atoms with Crippen molar-refractivity contribution in [2.45, 2.75) is 27.7 Å². The number of carbonyl (C=O) groups is 2. The first-order valence-electron chi connectivity index (χ1n) is 5.37. The van der Waals surface area contributed by atoms with Gasteiger partial charge in [-0.15, -0.1) is 0 Å². The molecular weight excluding hydrogens is 192 g/mol.